The highest BCUT2D eigenvalue weighted by molar-refractivity contribution is 7.13. The molecule has 98 valence electrons. The maximum absolute atomic E-state index is 5.81. The van der Waals surface area contributed by atoms with Crippen molar-refractivity contribution in [2.75, 3.05) is 0 Å². The lowest BCUT2D eigenvalue weighted by Gasteiger charge is -2.13. The molecule has 3 nitrogen and oxygen atoms in total. The zero-order chi connectivity index (χ0) is 13.2. The number of halogens is 1. The summed E-state index contributed by atoms with van der Waals surface area (Å²) >= 11 is 9.15. The van der Waals surface area contributed by atoms with Gasteiger partial charge >= 0.3 is 0 Å². The summed E-state index contributed by atoms with van der Waals surface area (Å²) < 4.78 is 2.16. The Hall–Kier alpha value is -1.17. The Labute approximate surface area is 124 Å². The third kappa shape index (κ3) is 2.45. The average Bonchev–Trinajstić information content (AvgIpc) is 3.16. The van der Waals surface area contributed by atoms with Gasteiger partial charge in [0.15, 0.2) is 5.82 Å². The largest absolute Gasteiger partial charge is 0.321 e. The van der Waals surface area contributed by atoms with Gasteiger partial charge < -0.3 is 4.57 Å². The number of alkyl halides is 1. The van der Waals surface area contributed by atoms with Crippen LogP contribution in [0.1, 0.15) is 23.7 Å². The minimum absolute atomic E-state index is 0.168. The smallest absolute Gasteiger partial charge is 0.150 e. The first-order valence-corrected chi connectivity index (χ1v) is 8.16. The van der Waals surface area contributed by atoms with Crippen LogP contribution in [0.2, 0.25) is 0 Å². The molecular weight excluding hydrogens is 298 g/mol. The fourth-order valence-electron chi connectivity index (χ4n) is 1.92. The lowest BCUT2D eigenvalue weighted by Crippen LogP contribution is -2.07. The van der Waals surface area contributed by atoms with Crippen LogP contribution in [0.5, 0.6) is 0 Å². The molecule has 1 atom stereocenters. The molecule has 3 heterocycles. The summed E-state index contributed by atoms with van der Waals surface area (Å²) in [5.74, 6) is 1.45. The molecule has 0 aliphatic heterocycles. The minimum atomic E-state index is 0.168. The summed E-state index contributed by atoms with van der Waals surface area (Å²) in [6.45, 7) is 2.13. The van der Waals surface area contributed by atoms with Crippen LogP contribution in [0, 0.1) is 0 Å². The summed E-state index contributed by atoms with van der Waals surface area (Å²) in [5, 5.41) is 5.14. The third-order valence-electron chi connectivity index (χ3n) is 2.89. The van der Waals surface area contributed by atoms with Crippen LogP contribution in [0.3, 0.4) is 0 Å². The molecule has 3 rings (SSSR count). The number of rotatable bonds is 4. The van der Waals surface area contributed by atoms with Crippen LogP contribution in [-0.2, 0) is 5.88 Å². The molecule has 0 aliphatic carbocycles. The lowest BCUT2D eigenvalue weighted by molar-refractivity contribution is 0.640. The van der Waals surface area contributed by atoms with Crippen LogP contribution < -0.4 is 0 Å². The van der Waals surface area contributed by atoms with E-state index in [1.807, 2.05) is 23.8 Å². The van der Waals surface area contributed by atoms with Crippen molar-refractivity contribution >= 4 is 34.3 Å². The van der Waals surface area contributed by atoms with Gasteiger partial charge in [0.05, 0.1) is 22.5 Å². The van der Waals surface area contributed by atoms with Crippen molar-refractivity contribution in [3.63, 3.8) is 0 Å². The second-order valence-corrected chi connectivity index (χ2v) is 6.23. The van der Waals surface area contributed by atoms with Crippen molar-refractivity contribution < 1.29 is 0 Å². The molecule has 0 fully saturated rings. The van der Waals surface area contributed by atoms with Gasteiger partial charge in [-0.1, -0.05) is 6.07 Å². The van der Waals surface area contributed by atoms with Crippen molar-refractivity contribution in [2.24, 2.45) is 0 Å². The van der Waals surface area contributed by atoms with Crippen LogP contribution in [0.25, 0.3) is 10.7 Å². The molecule has 0 saturated heterocycles. The van der Waals surface area contributed by atoms with E-state index in [4.69, 9.17) is 11.6 Å². The van der Waals surface area contributed by atoms with Gasteiger partial charge in [0.1, 0.15) is 5.01 Å². The van der Waals surface area contributed by atoms with E-state index in [-0.39, 0.29) is 6.04 Å². The molecule has 0 radical (unpaired) electrons. The van der Waals surface area contributed by atoms with Gasteiger partial charge in [-0.05, 0) is 18.4 Å². The Kier molecular flexibility index (Phi) is 3.68. The second kappa shape index (κ2) is 5.45. The molecule has 19 heavy (non-hydrogen) atoms. The third-order valence-corrected chi connectivity index (χ3v) is 5.09. The molecule has 3 aromatic rings. The number of thiazole rings is 1. The van der Waals surface area contributed by atoms with Gasteiger partial charge in [-0.3, -0.25) is 0 Å². The summed E-state index contributed by atoms with van der Waals surface area (Å²) in [6.07, 6.45) is 3.84. The normalized spacial score (nSPS) is 12.7. The van der Waals surface area contributed by atoms with E-state index in [1.54, 1.807) is 22.7 Å². The van der Waals surface area contributed by atoms with Crippen molar-refractivity contribution in [2.45, 2.75) is 18.8 Å². The highest BCUT2D eigenvalue weighted by atomic mass is 35.5. The molecule has 0 aliphatic rings. The van der Waals surface area contributed by atoms with E-state index in [9.17, 15) is 0 Å². The van der Waals surface area contributed by atoms with Gasteiger partial charge in [-0.15, -0.1) is 34.3 Å². The molecule has 6 heteroatoms. The van der Waals surface area contributed by atoms with Crippen molar-refractivity contribution in [3.8, 4) is 10.7 Å². The lowest BCUT2D eigenvalue weighted by atomic mass is 10.3. The van der Waals surface area contributed by atoms with E-state index < -0.39 is 0 Å². The first-order chi connectivity index (χ1) is 9.29. The monoisotopic (exact) mass is 309 g/mol. The first kappa shape index (κ1) is 12.8. The Morgan fingerprint density at radius 1 is 1.42 bits per heavy atom. The summed E-state index contributed by atoms with van der Waals surface area (Å²) in [6, 6.07) is 4.29. The van der Waals surface area contributed by atoms with Crippen molar-refractivity contribution in [3.05, 3.63) is 46.0 Å². The zero-order valence-electron chi connectivity index (χ0n) is 10.3. The van der Waals surface area contributed by atoms with E-state index >= 15 is 0 Å². The Bertz CT molecular complexity index is 657. The summed E-state index contributed by atoms with van der Waals surface area (Å²) in [7, 11) is 0. The topological polar surface area (TPSA) is 30.7 Å². The number of hydrogen-bond acceptors (Lipinski definition) is 4. The van der Waals surface area contributed by atoms with Gasteiger partial charge in [0, 0.05) is 17.8 Å². The highest BCUT2D eigenvalue weighted by Crippen LogP contribution is 2.29. The molecule has 0 amide bonds. The van der Waals surface area contributed by atoms with Crippen LogP contribution in [-0.4, -0.2) is 14.5 Å². The minimum Gasteiger partial charge on any atom is -0.321 e. The molecule has 0 aromatic carbocycles. The fourth-order valence-corrected chi connectivity index (χ4v) is 3.74. The highest BCUT2D eigenvalue weighted by Gasteiger charge is 2.16. The molecule has 1 unspecified atom stereocenters. The van der Waals surface area contributed by atoms with Crippen LogP contribution in [0.4, 0.5) is 0 Å². The van der Waals surface area contributed by atoms with E-state index in [2.05, 4.69) is 32.9 Å². The molecule has 0 spiro atoms. The number of aromatic nitrogens is 3. The number of imidazole rings is 1. The number of thiophene rings is 1. The maximum atomic E-state index is 5.81. The van der Waals surface area contributed by atoms with E-state index in [1.165, 1.54) is 4.88 Å². The van der Waals surface area contributed by atoms with Crippen LogP contribution >= 0.6 is 34.3 Å². The zero-order valence-corrected chi connectivity index (χ0v) is 12.7. The predicted octanol–water partition coefficient (Wildman–Crippen LogP) is 4.42. The Morgan fingerprint density at radius 3 is 3.00 bits per heavy atom. The summed E-state index contributed by atoms with van der Waals surface area (Å²) in [5.41, 5.74) is 0.936. The first-order valence-electron chi connectivity index (χ1n) is 5.86. The Morgan fingerprint density at radius 2 is 2.32 bits per heavy atom. The van der Waals surface area contributed by atoms with Gasteiger partial charge in [-0.2, -0.15) is 0 Å². The van der Waals surface area contributed by atoms with Gasteiger partial charge in [0.2, 0.25) is 0 Å². The van der Waals surface area contributed by atoms with Gasteiger partial charge in [0.25, 0.3) is 0 Å². The standard InChI is InChI=1S/C13H12ClN3S2/c1-9(13-16-10(7-14)8-19-13)17-5-4-15-12(17)11-3-2-6-18-11/h2-6,8-9H,7H2,1H3. The van der Waals surface area contributed by atoms with E-state index in [0.717, 1.165) is 16.5 Å². The average molecular weight is 310 g/mol. The second-order valence-electron chi connectivity index (χ2n) is 4.12. The number of hydrogen-bond donors (Lipinski definition) is 0. The fraction of sp³-hybridized carbons (Fsp3) is 0.231. The van der Waals surface area contributed by atoms with Gasteiger partial charge in [-0.25, -0.2) is 9.97 Å². The van der Waals surface area contributed by atoms with Crippen molar-refractivity contribution in [1.29, 1.82) is 0 Å². The predicted molar refractivity (Wildman–Crippen MR) is 81.0 cm³/mol. The summed E-state index contributed by atoms with van der Waals surface area (Å²) in [4.78, 5) is 10.2. The molecule has 0 N–H and O–H groups in total. The molecule has 0 bridgehead atoms. The van der Waals surface area contributed by atoms with Crippen LogP contribution in [0.15, 0.2) is 35.3 Å². The SMILES string of the molecule is CC(c1nc(CCl)cs1)n1ccnc1-c1cccs1. The van der Waals surface area contributed by atoms with Crippen molar-refractivity contribution in [1.82, 2.24) is 14.5 Å². The quantitative estimate of drug-likeness (QED) is 0.668. The van der Waals surface area contributed by atoms with E-state index in [0.29, 0.717) is 5.88 Å². The maximum Gasteiger partial charge on any atom is 0.150 e. The molecule has 0 saturated carbocycles. The molecule has 3 aromatic heterocycles. The number of nitrogens with zero attached hydrogens (tertiary/aromatic N) is 3. The molecular formula is C13H12ClN3S2. The Balaban J connectivity index is 1.96.